The first-order chi connectivity index (χ1) is 10.7. The lowest BCUT2D eigenvalue weighted by Gasteiger charge is -2.11. The average Bonchev–Trinajstić information content (AvgIpc) is 2.54. The first kappa shape index (κ1) is 15.8. The molecule has 0 bridgehead atoms. The summed E-state index contributed by atoms with van der Waals surface area (Å²) in [4.78, 5) is 10.6. The second kappa shape index (κ2) is 7.42. The summed E-state index contributed by atoms with van der Waals surface area (Å²) in [6.45, 7) is 1.17. The summed E-state index contributed by atoms with van der Waals surface area (Å²) in [5, 5.41) is 13.0. The van der Waals surface area contributed by atoms with Gasteiger partial charge in [-0.05, 0) is 18.2 Å². The molecule has 0 aliphatic rings. The Morgan fingerprint density at radius 3 is 2.36 bits per heavy atom. The highest BCUT2D eigenvalue weighted by Gasteiger charge is 2.15. The normalized spacial score (nSPS) is 10.3. The van der Waals surface area contributed by atoms with Gasteiger partial charge in [0.25, 0.3) is 5.69 Å². The van der Waals surface area contributed by atoms with Crippen molar-refractivity contribution in [3.8, 4) is 11.5 Å². The SMILES string of the molecule is COc1cccc(C[NH2+]Cc2ccccc2[N+](=O)[O-])c1OC. The van der Waals surface area contributed by atoms with Gasteiger partial charge < -0.3 is 14.8 Å². The van der Waals surface area contributed by atoms with E-state index in [1.54, 1.807) is 26.4 Å². The number of quaternary nitrogens is 1. The van der Waals surface area contributed by atoms with Gasteiger partial charge in [-0.25, -0.2) is 0 Å². The second-order valence-electron chi connectivity index (χ2n) is 4.74. The van der Waals surface area contributed by atoms with Gasteiger partial charge in [-0.1, -0.05) is 18.2 Å². The molecule has 6 heteroatoms. The number of nitrogens with zero attached hydrogens (tertiary/aromatic N) is 1. The van der Waals surface area contributed by atoms with Gasteiger partial charge in [-0.15, -0.1) is 0 Å². The van der Waals surface area contributed by atoms with Crippen LogP contribution in [0.4, 0.5) is 5.69 Å². The monoisotopic (exact) mass is 303 g/mol. The summed E-state index contributed by atoms with van der Waals surface area (Å²) in [6.07, 6.45) is 0. The number of rotatable bonds is 7. The van der Waals surface area contributed by atoms with Crippen LogP contribution in [0.5, 0.6) is 11.5 Å². The number of methoxy groups -OCH3 is 2. The molecule has 0 unspecified atom stereocenters. The Labute approximate surface area is 128 Å². The maximum Gasteiger partial charge on any atom is 0.278 e. The molecule has 2 aromatic rings. The molecule has 0 aliphatic carbocycles. The average molecular weight is 303 g/mol. The number of nitrogens with two attached hydrogens (primary N) is 1. The zero-order valence-electron chi connectivity index (χ0n) is 12.6. The summed E-state index contributed by atoms with van der Waals surface area (Å²) in [7, 11) is 3.20. The van der Waals surface area contributed by atoms with E-state index in [1.807, 2.05) is 29.6 Å². The van der Waals surface area contributed by atoms with E-state index in [4.69, 9.17) is 9.47 Å². The molecule has 0 amide bonds. The Morgan fingerprint density at radius 2 is 1.68 bits per heavy atom. The number of nitro benzene ring substituents is 1. The van der Waals surface area contributed by atoms with Crippen LogP contribution in [0.2, 0.25) is 0 Å². The molecular weight excluding hydrogens is 284 g/mol. The summed E-state index contributed by atoms with van der Waals surface area (Å²) in [5.74, 6) is 1.38. The Balaban J connectivity index is 2.08. The minimum atomic E-state index is -0.352. The van der Waals surface area contributed by atoms with Crippen LogP contribution in [0.1, 0.15) is 11.1 Å². The van der Waals surface area contributed by atoms with E-state index in [0.717, 1.165) is 5.56 Å². The number of hydrogen-bond donors (Lipinski definition) is 1. The maximum absolute atomic E-state index is 11.0. The highest BCUT2D eigenvalue weighted by Crippen LogP contribution is 2.29. The third kappa shape index (κ3) is 3.53. The van der Waals surface area contributed by atoms with E-state index in [1.165, 1.54) is 6.07 Å². The Kier molecular flexibility index (Phi) is 5.32. The van der Waals surface area contributed by atoms with E-state index >= 15 is 0 Å². The largest absolute Gasteiger partial charge is 0.493 e. The standard InChI is InChI=1S/C16H18N2O4/c1-21-15-9-5-7-13(16(15)22-2)11-17-10-12-6-3-4-8-14(12)18(19)20/h3-9,17H,10-11H2,1-2H3/p+1. The summed E-state index contributed by atoms with van der Waals surface area (Å²) in [5.41, 5.74) is 1.84. The van der Waals surface area contributed by atoms with Gasteiger partial charge in [0.1, 0.15) is 13.1 Å². The van der Waals surface area contributed by atoms with Crippen molar-refractivity contribution in [2.24, 2.45) is 0 Å². The predicted octanol–water partition coefficient (Wildman–Crippen LogP) is 1.88. The number of benzene rings is 2. The molecule has 0 fully saturated rings. The third-order valence-electron chi connectivity index (χ3n) is 3.40. The lowest BCUT2D eigenvalue weighted by molar-refractivity contribution is -0.686. The van der Waals surface area contributed by atoms with Gasteiger partial charge in [0.05, 0.1) is 30.3 Å². The fourth-order valence-corrected chi connectivity index (χ4v) is 2.36. The van der Waals surface area contributed by atoms with Crippen molar-refractivity contribution in [2.75, 3.05) is 14.2 Å². The van der Waals surface area contributed by atoms with Crippen LogP contribution in [-0.2, 0) is 13.1 Å². The van der Waals surface area contributed by atoms with Crippen molar-refractivity contribution in [1.82, 2.24) is 0 Å². The zero-order chi connectivity index (χ0) is 15.9. The fraction of sp³-hybridized carbons (Fsp3) is 0.250. The van der Waals surface area contributed by atoms with Gasteiger partial charge in [-0.2, -0.15) is 0 Å². The van der Waals surface area contributed by atoms with Crippen molar-refractivity contribution >= 4 is 5.69 Å². The highest BCUT2D eigenvalue weighted by molar-refractivity contribution is 5.46. The number of ether oxygens (including phenoxy) is 2. The summed E-state index contributed by atoms with van der Waals surface area (Å²) < 4.78 is 10.6. The Morgan fingerprint density at radius 1 is 1.00 bits per heavy atom. The van der Waals surface area contributed by atoms with Crippen LogP contribution in [0, 0.1) is 10.1 Å². The molecule has 0 spiro atoms. The van der Waals surface area contributed by atoms with Gasteiger partial charge in [0.15, 0.2) is 11.5 Å². The van der Waals surface area contributed by atoms with Crippen molar-refractivity contribution in [2.45, 2.75) is 13.1 Å². The van der Waals surface area contributed by atoms with Crippen LogP contribution in [-0.4, -0.2) is 19.1 Å². The number of hydrogen-bond acceptors (Lipinski definition) is 4. The lowest BCUT2D eigenvalue weighted by Crippen LogP contribution is -2.80. The first-order valence-corrected chi connectivity index (χ1v) is 6.91. The molecule has 0 radical (unpaired) electrons. The topological polar surface area (TPSA) is 78.2 Å². The second-order valence-corrected chi connectivity index (χ2v) is 4.74. The molecule has 0 saturated carbocycles. The molecule has 0 aromatic heterocycles. The van der Waals surface area contributed by atoms with Crippen molar-refractivity contribution < 1.29 is 19.7 Å². The van der Waals surface area contributed by atoms with Crippen LogP contribution in [0.15, 0.2) is 42.5 Å². The Hall–Kier alpha value is -2.60. The van der Waals surface area contributed by atoms with Crippen molar-refractivity contribution in [3.63, 3.8) is 0 Å². The third-order valence-corrected chi connectivity index (χ3v) is 3.40. The molecule has 0 saturated heterocycles. The van der Waals surface area contributed by atoms with Crippen molar-refractivity contribution in [3.05, 3.63) is 63.7 Å². The van der Waals surface area contributed by atoms with Gasteiger partial charge >= 0.3 is 0 Å². The molecule has 22 heavy (non-hydrogen) atoms. The van der Waals surface area contributed by atoms with Crippen LogP contribution in [0.3, 0.4) is 0 Å². The molecule has 6 nitrogen and oxygen atoms in total. The van der Waals surface area contributed by atoms with Crippen LogP contribution in [0.25, 0.3) is 0 Å². The van der Waals surface area contributed by atoms with E-state index in [2.05, 4.69) is 0 Å². The highest BCUT2D eigenvalue weighted by atomic mass is 16.6. The molecular formula is C16H19N2O4+. The molecule has 2 aromatic carbocycles. The maximum atomic E-state index is 11.0. The van der Waals surface area contributed by atoms with Gasteiger partial charge in [0.2, 0.25) is 0 Å². The predicted molar refractivity (Wildman–Crippen MR) is 82.0 cm³/mol. The Bertz CT molecular complexity index is 658. The van der Waals surface area contributed by atoms with E-state index in [-0.39, 0.29) is 10.6 Å². The van der Waals surface area contributed by atoms with Crippen LogP contribution >= 0.6 is 0 Å². The fourth-order valence-electron chi connectivity index (χ4n) is 2.36. The molecule has 0 aliphatic heterocycles. The van der Waals surface area contributed by atoms with Gasteiger partial charge in [0, 0.05) is 6.07 Å². The lowest BCUT2D eigenvalue weighted by atomic mass is 10.1. The minimum Gasteiger partial charge on any atom is -0.493 e. The minimum absolute atomic E-state index is 0.149. The first-order valence-electron chi connectivity index (χ1n) is 6.91. The molecule has 2 N–H and O–H groups in total. The summed E-state index contributed by atoms with van der Waals surface area (Å²) >= 11 is 0. The smallest absolute Gasteiger partial charge is 0.278 e. The van der Waals surface area contributed by atoms with Gasteiger partial charge in [-0.3, -0.25) is 10.1 Å². The van der Waals surface area contributed by atoms with E-state index in [9.17, 15) is 10.1 Å². The van der Waals surface area contributed by atoms with E-state index in [0.29, 0.717) is 30.2 Å². The molecule has 0 atom stereocenters. The molecule has 0 heterocycles. The van der Waals surface area contributed by atoms with E-state index < -0.39 is 0 Å². The number of nitro groups is 1. The zero-order valence-corrected chi connectivity index (χ0v) is 12.6. The summed E-state index contributed by atoms with van der Waals surface area (Å²) in [6, 6.07) is 12.5. The van der Waals surface area contributed by atoms with Crippen LogP contribution < -0.4 is 14.8 Å². The van der Waals surface area contributed by atoms with Crippen molar-refractivity contribution in [1.29, 1.82) is 0 Å². The molecule has 116 valence electrons. The number of para-hydroxylation sites is 2. The quantitative estimate of drug-likeness (QED) is 0.625. The molecule has 2 rings (SSSR count).